The van der Waals surface area contributed by atoms with Gasteiger partial charge < -0.3 is 9.47 Å². The molecule has 0 unspecified atom stereocenters. The number of carbonyl (C=O) groups is 1. The van der Waals surface area contributed by atoms with Crippen LogP contribution in [-0.2, 0) is 9.47 Å². The van der Waals surface area contributed by atoms with Crippen LogP contribution in [0.4, 0.5) is 9.18 Å². The van der Waals surface area contributed by atoms with Crippen molar-refractivity contribution in [3.05, 3.63) is 0 Å². The number of halogens is 1. The van der Waals surface area contributed by atoms with Crippen molar-refractivity contribution in [2.45, 2.75) is 38.2 Å². The fraction of sp³-hybridized carbons (Fsp3) is 0.875. The third kappa shape index (κ3) is 3.07. The second kappa shape index (κ2) is 4.95. The maximum atomic E-state index is 11.5. The lowest BCUT2D eigenvalue weighted by molar-refractivity contribution is -0.00758. The second-order valence-electron chi connectivity index (χ2n) is 2.88. The van der Waals surface area contributed by atoms with Crippen molar-refractivity contribution in [3.8, 4) is 0 Å². The van der Waals surface area contributed by atoms with Gasteiger partial charge in [0.2, 0.25) is 6.86 Å². The van der Waals surface area contributed by atoms with Crippen LogP contribution >= 0.6 is 0 Å². The fourth-order valence-corrected chi connectivity index (χ4v) is 1.40. The highest BCUT2D eigenvalue weighted by molar-refractivity contribution is 5.59. The monoisotopic (exact) mass is 176 g/mol. The number of rotatable bonds is 2. The highest BCUT2D eigenvalue weighted by Gasteiger charge is 2.18. The van der Waals surface area contributed by atoms with Crippen LogP contribution in [0.1, 0.15) is 32.1 Å². The molecule has 0 aliphatic heterocycles. The van der Waals surface area contributed by atoms with Crippen molar-refractivity contribution >= 4 is 6.16 Å². The van der Waals surface area contributed by atoms with Crippen LogP contribution in [0.25, 0.3) is 0 Å². The predicted molar refractivity (Wildman–Crippen MR) is 40.4 cm³/mol. The van der Waals surface area contributed by atoms with E-state index in [2.05, 4.69) is 4.74 Å². The van der Waals surface area contributed by atoms with Crippen molar-refractivity contribution in [1.82, 2.24) is 0 Å². The topological polar surface area (TPSA) is 35.5 Å². The number of alkyl halides is 1. The second-order valence-corrected chi connectivity index (χ2v) is 2.88. The van der Waals surface area contributed by atoms with Gasteiger partial charge in [-0.1, -0.05) is 6.42 Å². The van der Waals surface area contributed by atoms with Crippen LogP contribution in [0.15, 0.2) is 0 Å². The van der Waals surface area contributed by atoms with Crippen LogP contribution in [0.5, 0.6) is 0 Å². The fourth-order valence-electron chi connectivity index (χ4n) is 1.40. The lowest BCUT2D eigenvalue weighted by atomic mass is 9.98. The Morgan fingerprint density at radius 3 is 2.58 bits per heavy atom. The van der Waals surface area contributed by atoms with E-state index in [1.807, 2.05) is 0 Å². The molecular formula is C8H13FO3. The standard InChI is InChI=1S/C8H13FO3/c9-6-11-8(10)12-7-4-2-1-3-5-7/h7H,1-6H2. The molecule has 1 aliphatic carbocycles. The van der Waals surface area contributed by atoms with Gasteiger partial charge in [-0.2, -0.15) is 0 Å². The molecule has 0 spiro atoms. The minimum Gasteiger partial charge on any atom is -0.431 e. The normalized spacial score (nSPS) is 18.8. The summed E-state index contributed by atoms with van der Waals surface area (Å²) in [5.41, 5.74) is 0. The summed E-state index contributed by atoms with van der Waals surface area (Å²) in [6, 6.07) is 0. The minimum atomic E-state index is -1.11. The SMILES string of the molecule is O=C(OCF)OC1CCCCC1. The van der Waals surface area contributed by atoms with E-state index >= 15 is 0 Å². The first-order chi connectivity index (χ1) is 5.83. The first-order valence-corrected chi connectivity index (χ1v) is 4.22. The Balaban J connectivity index is 2.15. The van der Waals surface area contributed by atoms with Gasteiger partial charge in [0.1, 0.15) is 6.10 Å². The van der Waals surface area contributed by atoms with Gasteiger partial charge in [0.15, 0.2) is 0 Å². The quantitative estimate of drug-likeness (QED) is 0.606. The van der Waals surface area contributed by atoms with Gasteiger partial charge in [-0.25, -0.2) is 9.18 Å². The van der Waals surface area contributed by atoms with Crippen molar-refractivity contribution in [1.29, 1.82) is 0 Å². The van der Waals surface area contributed by atoms with Crippen molar-refractivity contribution in [2.75, 3.05) is 6.86 Å². The zero-order valence-electron chi connectivity index (χ0n) is 6.92. The third-order valence-electron chi connectivity index (χ3n) is 1.99. The van der Waals surface area contributed by atoms with E-state index in [-0.39, 0.29) is 6.10 Å². The van der Waals surface area contributed by atoms with Crippen LogP contribution in [0.3, 0.4) is 0 Å². The van der Waals surface area contributed by atoms with E-state index in [1.54, 1.807) is 0 Å². The summed E-state index contributed by atoms with van der Waals surface area (Å²) in [4.78, 5) is 10.6. The molecule has 0 amide bonds. The van der Waals surface area contributed by atoms with Crippen molar-refractivity contribution in [3.63, 3.8) is 0 Å². The molecular weight excluding hydrogens is 163 g/mol. The summed E-state index contributed by atoms with van der Waals surface area (Å²) < 4.78 is 20.3. The molecule has 1 saturated carbocycles. The summed E-state index contributed by atoms with van der Waals surface area (Å²) in [6.45, 7) is -1.11. The van der Waals surface area contributed by atoms with Crippen LogP contribution < -0.4 is 0 Å². The Labute approximate surface area is 70.8 Å². The molecule has 0 atom stereocenters. The van der Waals surface area contributed by atoms with E-state index in [9.17, 15) is 9.18 Å². The predicted octanol–water partition coefficient (Wildman–Crippen LogP) is 2.40. The lowest BCUT2D eigenvalue weighted by Gasteiger charge is -2.20. The number of ether oxygens (including phenoxy) is 2. The van der Waals surface area contributed by atoms with Crippen LogP contribution in [0.2, 0.25) is 0 Å². The van der Waals surface area contributed by atoms with E-state index in [0.29, 0.717) is 0 Å². The summed E-state index contributed by atoms with van der Waals surface area (Å²) in [6.07, 6.45) is 4.16. The number of hydrogen-bond donors (Lipinski definition) is 0. The van der Waals surface area contributed by atoms with Gasteiger partial charge in [0, 0.05) is 0 Å². The average molecular weight is 176 g/mol. The van der Waals surface area contributed by atoms with Gasteiger partial charge in [0.25, 0.3) is 0 Å². The number of carbonyl (C=O) groups excluding carboxylic acids is 1. The van der Waals surface area contributed by atoms with Crippen molar-refractivity contribution in [2.24, 2.45) is 0 Å². The van der Waals surface area contributed by atoms with Gasteiger partial charge >= 0.3 is 6.16 Å². The average Bonchev–Trinajstić information content (AvgIpc) is 2.06. The maximum Gasteiger partial charge on any atom is 0.510 e. The zero-order chi connectivity index (χ0) is 8.81. The summed E-state index contributed by atoms with van der Waals surface area (Å²) >= 11 is 0. The van der Waals surface area contributed by atoms with Gasteiger partial charge in [-0.05, 0) is 25.7 Å². The Morgan fingerprint density at radius 2 is 2.00 bits per heavy atom. The van der Waals surface area contributed by atoms with Gasteiger partial charge in [-0.3, -0.25) is 0 Å². The Bertz CT molecular complexity index is 143. The highest BCUT2D eigenvalue weighted by Crippen LogP contribution is 2.20. The summed E-state index contributed by atoms with van der Waals surface area (Å²) in [7, 11) is 0. The Morgan fingerprint density at radius 1 is 1.33 bits per heavy atom. The Kier molecular flexibility index (Phi) is 3.84. The third-order valence-corrected chi connectivity index (χ3v) is 1.99. The minimum absolute atomic E-state index is 0.0576. The number of hydrogen-bond acceptors (Lipinski definition) is 3. The molecule has 0 saturated heterocycles. The molecule has 0 N–H and O–H groups in total. The van der Waals surface area contributed by atoms with Crippen LogP contribution in [-0.4, -0.2) is 19.1 Å². The largest absolute Gasteiger partial charge is 0.510 e. The summed E-state index contributed by atoms with van der Waals surface area (Å²) in [5, 5.41) is 0. The first kappa shape index (κ1) is 9.29. The molecule has 12 heavy (non-hydrogen) atoms. The molecule has 0 aromatic rings. The lowest BCUT2D eigenvalue weighted by Crippen LogP contribution is -2.21. The molecule has 0 radical (unpaired) electrons. The van der Waals surface area contributed by atoms with Crippen LogP contribution in [0, 0.1) is 0 Å². The van der Waals surface area contributed by atoms with E-state index in [1.165, 1.54) is 6.42 Å². The van der Waals surface area contributed by atoms with E-state index in [0.717, 1.165) is 25.7 Å². The molecule has 70 valence electrons. The van der Waals surface area contributed by atoms with Crippen molar-refractivity contribution < 1.29 is 18.7 Å². The molecule has 1 rings (SSSR count). The van der Waals surface area contributed by atoms with E-state index in [4.69, 9.17) is 4.74 Å². The molecule has 1 aliphatic rings. The van der Waals surface area contributed by atoms with Gasteiger partial charge in [-0.15, -0.1) is 0 Å². The summed E-state index contributed by atoms with van der Waals surface area (Å²) in [5.74, 6) is 0. The zero-order valence-corrected chi connectivity index (χ0v) is 6.92. The van der Waals surface area contributed by atoms with E-state index < -0.39 is 13.0 Å². The molecule has 0 bridgehead atoms. The molecule has 3 nitrogen and oxygen atoms in total. The Hall–Kier alpha value is -0.800. The molecule has 0 heterocycles. The maximum absolute atomic E-state index is 11.5. The first-order valence-electron chi connectivity index (χ1n) is 4.22. The smallest absolute Gasteiger partial charge is 0.431 e. The molecule has 4 heteroatoms. The molecule has 1 fully saturated rings. The van der Waals surface area contributed by atoms with Gasteiger partial charge in [0.05, 0.1) is 0 Å². The molecule has 0 aromatic heterocycles. The highest BCUT2D eigenvalue weighted by atomic mass is 19.1. The molecule has 0 aromatic carbocycles.